The Hall–Kier alpha value is -1.23. The van der Waals surface area contributed by atoms with Gasteiger partial charge in [-0.2, -0.15) is 0 Å². The lowest BCUT2D eigenvalue weighted by atomic mass is 10.1. The molecule has 3 rings (SSSR count). The number of hydrogen-bond acceptors (Lipinski definition) is 5. The number of hydrogen-bond donors (Lipinski definition) is 0. The van der Waals surface area contributed by atoms with Crippen molar-refractivity contribution < 1.29 is 14.3 Å². The predicted molar refractivity (Wildman–Crippen MR) is 52.5 cm³/mol. The molecule has 1 saturated carbocycles. The van der Waals surface area contributed by atoms with Gasteiger partial charge in [-0.3, -0.25) is 9.59 Å². The van der Waals surface area contributed by atoms with Crippen molar-refractivity contribution in [2.75, 3.05) is 0 Å². The highest BCUT2D eigenvalue weighted by Gasteiger charge is 2.37. The number of carbonyl (C=O) groups is 2. The topological polar surface area (TPSA) is 56.3 Å². The number of rotatable bonds is 2. The van der Waals surface area contributed by atoms with Gasteiger partial charge < -0.3 is 4.74 Å². The molecule has 4 nitrogen and oxygen atoms in total. The lowest BCUT2D eigenvalue weighted by Gasteiger charge is -1.97. The van der Waals surface area contributed by atoms with Gasteiger partial charge in [-0.15, -0.1) is 11.3 Å². The summed E-state index contributed by atoms with van der Waals surface area (Å²) in [4.78, 5) is 26.6. The van der Waals surface area contributed by atoms with Crippen LogP contribution in [0.2, 0.25) is 0 Å². The smallest absolute Gasteiger partial charge is 0.323 e. The van der Waals surface area contributed by atoms with Gasteiger partial charge in [0.1, 0.15) is 5.92 Å². The van der Waals surface area contributed by atoms with Crippen LogP contribution in [0.5, 0.6) is 0 Å². The Kier molecular flexibility index (Phi) is 1.88. The molecule has 0 N–H and O–H groups in total. The second kappa shape index (κ2) is 3.13. The van der Waals surface area contributed by atoms with Crippen molar-refractivity contribution in [1.29, 1.82) is 0 Å². The minimum atomic E-state index is -0.457. The van der Waals surface area contributed by atoms with Gasteiger partial charge >= 0.3 is 11.9 Å². The standard InChI is InChI=1S/C10H9NO3S/c12-8-3-6(10(13)14-8)7-4-15-9(11-7)5-1-2-5/h4-6H,1-3H2. The van der Waals surface area contributed by atoms with Crippen LogP contribution < -0.4 is 0 Å². The Bertz CT molecular complexity index is 436. The Morgan fingerprint density at radius 3 is 2.80 bits per heavy atom. The first-order chi connectivity index (χ1) is 7.24. The van der Waals surface area contributed by atoms with Gasteiger partial charge in [0.25, 0.3) is 0 Å². The summed E-state index contributed by atoms with van der Waals surface area (Å²) in [5.41, 5.74) is 0.706. The van der Waals surface area contributed by atoms with Crippen molar-refractivity contribution in [3.05, 3.63) is 16.1 Å². The number of aromatic nitrogens is 1. The number of carbonyl (C=O) groups excluding carboxylic acids is 2. The molecule has 78 valence electrons. The summed E-state index contributed by atoms with van der Waals surface area (Å²) in [6.07, 6.45) is 2.54. The molecule has 2 aliphatic rings. The van der Waals surface area contributed by atoms with Crippen LogP contribution in [0.4, 0.5) is 0 Å². The molecule has 15 heavy (non-hydrogen) atoms. The molecule has 0 bridgehead atoms. The molecule has 0 aromatic carbocycles. The van der Waals surface area contributed by atoms with E-state index < -0.39 is 17.9 Å². The van der Waals surface area contributed by atoms with Crippen LogP contribution in [0.3, 0.4) is 0 Å². The molecular weight excluding hydrogens is 214 g/mol. The Labute approximate surface area is 90.3 Å². The number of ether oxygens (including phenoxy) is 1. The third kappa shape index (κ3) is 1.56. The first kappa shape index (κ1) is 9.03. The minimum Gasteiger partial charge on any atom is -0.393 e. The molecule has 5 heteroatoms. The van der Waals surface area contributed by atoms with E-state index in [1.165, 1.54) is 12.8 Å². The largest absolute Gasteiger partial charge is 0.393 e. The molecule has 0 radical (unpaired) electrons. The van der Waals surface area contributed by atoms with Crippen LogP contribution >= 0.6 is 11.3 Å². The monoisotopic (exact) mass is 223 g/mol. The summed E-state index contributed by atoms with van der Waals surface area (Å²) in [5, 5.41) is 2.97. The molecule has 2 heterocycles. The van der Waals surface area contributed by atoms with E-state index in [4.69, 9.17) is 0 Å². The summed E-state index contributed by atoms with van der Waals surface area (Å²) in [7, 11) is 0. The van der Waals surface area contributed by atoms with Crippen LogP contribution in [0.25, 0.3) is 0 Å². The number of nitrogens with zero attached hydrogens (tertiary/aromatic N) is 1. The van der Waals surface area contributed by atoms with Crippen LogP contribution in [0.15, 0.2) is 5.38 Å². The summed E-state index contributed by atoms with van der Waals surface area (Å²) in [5.74, 6) is -0.753. The zero-order valence-corrected chi connectivity index (χ0v) is 8.75. The highest BCUT2D eigenvalue weighted by atomic mass is 32.1. The minimum absolute atomic E-state index is 0.146. The molecule has 1 atom stereocenters. The molecule has 1 aromatic rings. The Morgan fingerprint density at radius 1 is 1.40 bits per heavy atom. The van der Waals surface area contributed by atoms with E-state index in [1.807, 2.05) is 5.38 Å². The van der Waals surface area contributed by atoms with Crippen molar-refractivity contribution in [3.63, 3.8) is 0 Å². The van der Waals surface area contributed by atoms with Gasteiger partial charge in [-0.25, -0.2) is 4.98 Å². The number of esters is 2. The summed E-state index contributed by atoms with van der Waals surface area (Å²) in [6.45, 7) is 0. The zero-order valence-electron chi connectivity index (χ0n) is 7.93. The van der Waals surface area contributed by atoms with Crippen molar-refractivity contribution >= 4 is 23.3 Å². The molecule has 0 spiro atoms. The Balaban J connectivity index is 1.85. The SMILES string of the molecule is O=C1CC(c2csc(C3CC3)n2)C(=O)O1. The molecule has 0 amide bonds. The predicted octanol–water partition coefficient (Wildman–Crippen LogP) is 1.58. The zero-order chi connectivity index (χ0) is 10.4. The van der Waals surface area contributed by atoms with Crippen LogP contribution in [0, 0.1) is 0 Å². The van der Waals surface area contributed by atoms with Crippen LogP contribution in [-0.2, 0) is 14.3 Å². The van der Waals surface area contributed by atoms with Crippen LogP contribution in [0.1, 0.15) is 41.8 Å². The van der Waals surface area contributed by atoms with Gasteiger partial charge in [0.2, 0.25) is 0 Å². The third-order valence-corrected chi connectivity index (χ3v) is 3.72. The highest BCUT2D eigenvalue weighted by molar-refractivity contribution is 7.09. The quantitative estimate of drug-likeness (QED) is 0.564. The fourth-order valence-corrected chi connectivity index (χ4v) is 2.72. The maximum Gasteiger partial charge on any atom is 0.323 e. The average molecular weight is 223 g/mol. The van der Waals surface area contributed by atoms with E-state index >= 15 is 0 Å². The van der Waals surface area contributed by atoms with Crippen molar-refractivity contribution in [2.24, 2.45) is 0 Å². The molecule has 1 unspecified atom stereocenters. The van der Waals surface area contributed by atoms with E-state index in [1.54, 1.807) is 11.3 Å². The van der Waals surface area contributed by atoms with E-state index in [0.717, 1.165) is 5.01 Å². The van der Waals surface area contributed by atoms with Crippen molar-refractivity contribution in [1.82, 2.24) is 4.98 Å². The average Bonchev–Trinajstić information content (AvgIpc) is 2.83. The maximum absolute atomic E-state index is 11.3. The van der Waals surface area contributed by atoms with Crippen molar-refractivity contribution in [2.45, 2.75) is 31.1 Å². The van der Waals surface area contributed by atoms with E-state index in [0.29, 0.717) is 11.6 Å². The van der Waals surface area contributed by atoms with Gasteiger partial charge in [0.05, 0.1) is 17.1 Å². The van der Waals surface area contributed by atoms with Gasteiger partial charge in [0.15, 0.2) is 0 Å². The van der Waals surface area contributed by atoms with E-state index in [9.17, 15) is 9.59 Å². The molecule has 1 aliphatic carbocycles. The summed E-state index contributed by atoms with van der Waals surface area (Å²) < 4.78 is 4.50. The lowest BCUT2D eigenvalue weighted by molar-refractivity contribution is -0.152. The first-order valence-corrected chi connectivity index (χ1v) is 5.82. The summed E-state index contributed by atoms with van der Waals surface area (Å²) >= 11 is 1.58. The van der Waals surface area contributed by atoms with Crippen molar-refractivity contribution in [3.8, 4) is 0 Å². The summed E-state index contributed by atoms with van der Waals surface area (Å²) in [6, 6.07) is 0. The second-order valence-electron chi connectivity index (χ2n) is 3.93. The molecule has 2 fully saturated rings. The molecule has 1 aromatic heterocycles. The van der Waals surface area contributed by atoms with E-state index in [-0.39, 0.29) is 6.42 Å². The molecule has 1 saturated heterocycles. The molecule has 1 aliphatic heterocycles. The number of thiazole rings is 1. The van der Waals surface area contributed by atoms with Gasteiger partial charge in [-0.1, -0.05) is 0 Å². The van der Waals surface area contributed by atoms with Gasteiger partial charge in [-0.05, 0) is 12.8 Å². The van der Waals surface area contributed by atoms with E-state index in [2.05, 4.69) is 9.72 Å². The number of cyclic esters (lactones) is 2. The second-order valence-corrected chi connectivity index (χ2v) is 4.82. The highest BCUT2D eigenvalue weighted by Crippen LogP contribution is 2.42. The Morgan fingerprint density at radius 2 is 2.20 bits per heavy atom. The lowest BCUT2D eigenvalue weighted by Crippen LogP contribution is -2.05. The normalized spacial score (nSPS) is 25.7. The maximum atomic E-state index is 11.3. The third-order valence-electron chi connectivity index (χ3n) is 2.69. The fraction of sp³-hybridized carbons (Fsp3) is 0.500. The van der Waals surface area contributed by atoms with Crippen LogP contribution in [-0.4, -0.2) is 16.9 Å². The molecular formula is C10H9NO3S. The van der Waals surface area contributed by atoms with Gasteiger partial charge in [0, 0.05) is 11.3 Å². The first-order valence-electron chi connectivity index (χ1n) is 4.94. The fourth-order valence-electron chi connectivity index (χ4n) is 1.68.